The second-order valence-electron chi connectivity index (χ2n) is 4.94. The molecule has 0 radical (unpaired) electrons. The molecule has 1 atom stereocenters. The van der Waals surface area contributed by atoms with E-state index in [-0.39, 0.29) is 11.3 Å². The molecule has 3 nitrogen and oxygen atoms in total. The molecule has 2 rings (SSSR count). The fraction of sp³-hybridized carbons (Fsp3) is 0.571. The fourth-order valence-electron chi connectivity index (χ4n) is 2.44. The molecule has 1 aliphatic heterocycles. The molecule has 0 spiro atoms. The molecule has 2 heterocycles. The first kappa shape index (κ1) is 13.3. The minimum absolute atomic E-state index is 0.0984. The van der Waals surface area contributed by atoms with Crippen molar-refractivity contribution in [1.29, 1.82) is 0 Å². The number of piperidine rings is 1. The smallest absolute Gasteiger partial charge is 0.255 e. The van der Waals surface area contributed by atoms with Gasteiger partial charge in [0.25, 0.3) is 5.91 Å². The first-order valence-electron chi connectivity index (χ1n) is 6.44. The Balaban J connectivity index is 2.02. The maximum absolute atomic E-state index is 12.4. The van der Waals surface area contributed by atoms with Crippen molar-refractivity contribution >= 4 is 17.5 Å². The van der Waals surface area contributed by atoms with E-state index in [9.17, 15) is 4.79 Å². The van der Waals surface area contributed by atoms with Gasteiger partial charge < -0.3 is 4.90 Å². The Morgan fingerprint density at radius 1 is 1.50 bits per heavy atom. The number of carbonyl (C=O) groups excluding carboxylic acids is 1. The first-order valence-corrected chi connectivity index (χ1v) is 6.88. The van der Waals surface area contributed by atoms with Crippen LogP contribution in [0.5, 0.6) is 0 Å². The largest absolute Gasteiger partial charge is 0.339 e. The summed E-state index contributed by atoms with van der Waals surface area (Å²) < 4.78 is 0. The second kappa shape index (κ2) is 5.70. The number of pyridine rings is 1. The summed E-state index contributed by atoms with van der Waals surface area (Å²) in [5, 5.41) is 0.197. The summed E-state index contributed by atoms with van der Waals surface area (Å²) in [6, 6.07) is 3.66. The highest BCUT2D eigenvalue weighted by molar-refractivity contribution is 6.20. The predicted molar refractivity (Wildman–Crippen MR) is 72.9 cm³/mol. The summed E-state index contributed by atoms with van der Waals surface area (Å²) >= 11 is 6.11. The highest BCUT2D eigenvalue weighted by atomic mass is 35.5. The molecule has 1 amide bonds. The van der Waals surface area contributed by atoms with E-state index in [1.54, 1.807) is 6.20 Å². The third kappa shape index (κ3) is 2.83. The quantitative estimate of drug-likeness (QED) is 0.771. The van der Waals surface area contributed by atoms with Gasteiger partial charge in [-0.1, -0.05) is 0 Å². The van der Waals surface area contributed by atoms with E-state index in [0.29, 0.717) is 5.92 Å². The average molecular weight is 267 g/mol. The third-order valence-corrected chi connectivity index (χ3v) is 4.07. The van der Waals surface area contributed by atoms with Gasteiger partial charge in [0.05, 0.1) is 5.56 Å². The molecular formula is C14H19ClN2O. The molecule has 1 fully saturated rings. The Hall–Kier alpha value is -1.09. The SMILES string of the molecule is Cc1ncccc1C(=O)N1CCC(C(C)Cl)CC1. The van der Waals surface area contributed by atoms with Crippen LogP contribution < -0.4 is 0 Å². The van der Waals surface area contributed by atoms with Gasteiger partial charge in [0, 0.05) is 30.4 Å². The van der Waals surface area contributed by atoms with Crippen LogP contribution in [-0.4, -0.2) is 34.3 Å². The Bertz CT molecular complexity index is 426. The van der Waals surface area contributed by atoms with Gasteiger partial charge in [-0.3, -0.25) is 9.78 Å². The molecule has 1 saturated heterocycles. The molecule has 4 heteroatoms. The standard InChI is InChI=1S/C14H19ClN2O/c1-10(15)12-5-8-17(9-6-12)14(18)13-4-3-7-16-11(13)2/h3-4,7,10,12H,5-6,8-9H2,1-2H3. The number of carbonyl (C=O) groups is 1. The van der Waals surface area contributed by atoms with Gasteiger partial charge in [-0.05, 0) is 44.7 Å². The summed E-state index contributed by atoms with van der Waals surface area (Å²) in [6.45, 7) is 5.51. The summed E-state index contributed by atoms with van der Waals surface area (Å²) in [6.07, 6.45) is 3.71. The molecular weight excluding hydrogens is 248 g/mol. The zero-order chi connectivity index (χ0) is 13.1. The lowest BCUT2D eigenvalue weighted by molar-refractivity contribution is 0.0689. The molecule has 1 unspecified atom stereocenters. The number of amides is 1. The van der Waals surface area contributed by atoms with Crippen LogP contribution in [0.4, 0.5) is 0 Å². The number of nitrogens with zero attached hydrogens (tertiary/aromatic N) is 2. The number of alkyl halides is 1. The average Bonchev–Trinajstić information content (AvgIpc) is 2.38. The number of likely N-dealkylation sites (tertiary alicyclic amines) is 1. The van der Waals surface area contributed by atoms with Crippen LogP contribution in [0.25, 0.3) is 0 Å². The van der Waals surface area contributed by atoms with Crippen LogP contribution in [0.15, 0.2) is 18.3 Å². The Morgan fingerprint density at radius 3 is 2.72 bits per heavy atom. The van der Waals surface area contributed by atoms with Crippen molar-refractivity contribution in [3.63, 3.8) is 0 Å². The van der Waals surface area contributed by atoms with E-state index >= 15 is 0 Å². The summed E-state index contributed by atoms with van der Waals surface area (Å²) in [5.74, 6) is 0.631. The molecule has 1 aromatic rings. The Kier molecular flexibility index (Phi) is 4.23. The van der Waals surface area contributed by atoms with Gasteiger partial charge in [0.15, 0.2) is 0 Å². The number of aryl methyl sites for hydroxylation is 1. The number of hydrogen-bond acceptors (Lipinski definition) is 2. The van der Waals surface area contributed by atoms with Crippen molar-refractivity contribution in [3.05, 3.63) is 29.6 Å². The molecule has 0 aliphatic carbocycles. The van der Waals surface area contributed by atoms with Crippen LogP contribution in [0.2, 0.25) is 0 Å². The predicted octanol–water partition coefficient (Wildman–Crippen LogP) is 2.87. The second-order valence-corrected chi connectivity index (χ2v) is 5.63. The molecule has 98 valence electrons. The van der Waals surface area contributed by atoms with Crippen molar-refractivity contribution in [3.8, 4) is 0 Å². The van der Waals surface area contributed by atoms with Crippen LogP contribution >= 0.6 is 11.6 Å². The van der Waals surface area contributed by atoms with E-state index in [1.807, 2.05) is 30.9 Å². The van der Waals surface area contributed by atoms with E-state index in [4.69, 9.17) is 11.6 Å². The van der Waals surface area contributed by atoms with Crippen LogP contribution in [0.3, 0.4) is 0 Å². The summed E-state index contributed by atoms with van der Waals surface area (Å²) in [4.78, 5) is 18.4. The fourth-order valence-corrected chi connectivity index (χ4v) is 2.69. The number of rotatable bonds is 2. The molecule has 18 heavy (non-hydrogen) atoms. The first-order chi connectivity index (χ1) is 8.59. The molecule has 0 aromatic carbocycles. The lowest BCUT2D eigenvalue weighted by Crippen LogP contribution is -2.40. The van der Waals surface area contributed by atoms with E-state index < -0.39 is 0 Å². The number of aromatic nitrogens is 1. The summed E-state index contributed by atoms with van der Waals surface area (Å²) in [5.41, 5.74) is 1.52. The summed E-state index contributed by atoms with van der Waals surface area (Å²) in [7, 11) is 0. The minimum atomic E-state index is 0.0984. The topological polar surface area (TPSA) is 33.2 Å². The monoisotopic (exact) mass is 266 g/mol. The van der Waals surface area contributed by atoms with Crippen molar-refractivity contribution in [2.24, 2.45) is 5.92 Å². The van der Waals surface area contributed by atoms with Crippen LogP contribution in [-0.2, 0) is 0 Å². The van der Waals surface area contributed by atoms with Gasteiger partial charge in [-0.25, -0.2) is 0 Å². The minimum Gasteiger partial charge on any atom is -0.339 e. The van der Waals surface area contributed by atoms with Crippen molar-refractivity contribution in [2.45, 2.75) is 32.1 Å². The van der Waals surface area contributed by atoms with Gasteiger partial charge >= 0.3 is 0 Å². The van der Waals surface area contributed by atoms with Crippen LogP contribution in [0, 0.1) is 12.8 Å². The lowest BCUT2D eigenvalue weighted by Gasteiger charge is -2.33. The third-order valence-electron chi connectivity index (χ3n) is 3.71. The molecule has 0 N–H and O–H groups in total. The maximum Gasteiger partial charge on any atom is 0.255 e. The molecule has 1 aliphatic rings. The van der Waals surface area contributed by atoms with Crippen LogP contribution in [0.1, 0.15) is 35.8 Å². The molecule has 1 aromatic heterocycles. The number of halogens is 1. The molecule has 0 bridgehead atoms. The maximum atomic E-state index is 12.4. The number of hydrogen-bond donors (Lipinski definition) is 0. The van der Waals surface area contributed by atoms with Gasteiger partial charge in [0.1, 0.15) is 0 Å². The van der Waals surface area contributed by atoms with E-state index in [2.05, 4.69) is 4.98 Å². The van der Waals surface area contributed by atoms with Gasteiger partial charge in [-0.2, -0.15) is 0 Å². The zero-order valence-corrected chi connectivity index (χ0v) is 11.7. The molecule has 0 saturated carbocycles. The highest BCUT2D eigenvalue weighted by Gasteiger charge is 2.26. The van der Waals surface area contributed by atoms with Crippen molar-refractivity contribution in [2.75, 3.05) is 13.1 Å². The van der Waals surface area contributed by atoms with E-state index in [1.165, 1.54) is 0 Å². The van der Waals surface area contributed by atoms with Gasteiger partial charge in [0.2, 0.25) is 0 Å². The van der Waals surface area contributed by atoms with Crippen molar-refractivity contribution in [1.82, 2.24) is 9.88 Å². The highest BCUT2D eigenvalue weighted by Crippen LogP contribution is 2.25. The lowest BCUT2D eigenvalue weighted by atomic mass is 9.93. The normalized spacial score (nSPS) is 18.7. The Labute approximate surface area is 113 Å². The van der Waals surface area contributed by atoms with Crippen molar-refractivity contribution < 1.29 is 4.79 Å². The zero-order valence-electron chi connectivity index (χ0n) is 10.9. The Morgan fingerprint density at radius 2 is 2.17 bits per heavy atom. The van der Waals surface area contributed by atoms with Gasteiger partial charge in [-0.15, -0.1) is 11.6 Å². The van der Waals surface area contributed by atoms with E-state index in [0.717, 1.165) is 37.2 Å².